The fourth-order valence-corrected chi connectivity index (χ4v) is 3.65. The topological polar surface area (TPSA) is 29.9 Å². The fraction of sp³-hybridized carbons (Fsp3) is 0.833. The van der Waals surface area contributed by atoms with Crippen molar-refractivity contribution in [1.82, 2.24) is 9.55 Å². The summed E-state index contributed by atoms with van der Waals surface area (Å²) in [5, 5.41) is 3.71. The number of aryl methyl sites for hydroxylation is 1. The third-order valence-electron chi connectivity index (χ3n) is 4.96. The first-order valence-corrected chi connectivity index (χ1v) is 8.77. The van der Waals surface area contributed by atoms with Crippen LogP contribution in [0.5, 0.6) is 0 Å². The van der Waals surface area contributed by atoms with Gasteiger partial charge in [0, 0.05) is 18.8 Å². The summed E-state index contributed by atoms with van der Waals surface area (Å²) in [6.45, 7) is 12.5. The third kappa shape index (κ3) is 4.49. The monoisotopic (exact) mass is 291 g/mol. The maximum absolute atomic E-state index is 4.73. The van der Waals surface area contributed by atoms with Gasteiger partial charge in [-0.3, -0.25) is 0 Å². The van der Waals surface area contributed by atoms with E-state index < -0.39 is 0 Å². The van der Waals surface area contributed by atoms with Crippen LogP contribution in [0.2, 0.25) is 0 Å². The molecule has 1 heterocycles. The summed E-state index contributed by atoms with van der Waals surface area (Å²) in [6.07, 6.45) is 8.92. The van der Waals surface area contributed by atoms with Gasteiger partial charge in [-0.2, -0.15) is 0 Å². The number of anilines is 1. The van der Waals surface area contributed by atoms with E-state index in [1.165, 1.54) is 32.1 Å². The molecule has 0 saturated heterocycles. The van der Waals surface area contributed by atoms with Crippen LogP contribution in [0.1, 0.15) is 65.5 Å². The number of rotatable bonds is 6. The van der Waals surface area contributed by atoms with Crippen molar-refractivity contribution in [1.29, 1.82) is 0 Å². The first kappa shape index (κ1) is 16.4. The molecule has 3 heteroatoms. The average Bonchev–Trinajstić information content (AvgIpc) is 2.76. The Morgan fingerprint density at radius 3 is 2.33 bits per heavy atom. The first-order chi connectivity index (χ1) is 9.97. The SMILES string of the molecule is Cc1cn(CC(C(C)C)C(C)C)c(NC2CCCCC2)n1. The van der Waals surface area contributed by atoms with Crippen LogP contribution < -0.4 is 5.32 Å². The van der Waals surface area contributed by atoms with E-state index in [1.54, 1.807) is 0 Å². The summed E-state index contributed by atoms with van der Waals surface area (Å²) >= 11 is 0. The van der Waals surface area contributed by atoms with E-state index in [9.17, 15) is 0 Å². The van der Waals surface area contributed by atoms with Crippen LogP contribution in [-0.4, -0.2) is 15.6 Å². The van der Waals surface area contributed by atoms with Crippen LogP contribution in [0.25, 0.3) is 0 Å². The second-order valence-electron chi connectivity index (χ2n) is 7.49. The third-order valence-corrected chi connectivity index (χ3v) is 4.96. The summed E-state index contributed by atoms with van der Waals surface area (Å²) < 4.78 is 2.36. The van der Waals surface area contributed by atoms with E-state index in [-0.39, 0.29) is 0 Å². The number of aromatic nitrogens is 2. The van der Waals surface area contributed by atoms with E-state index in [0.717, 1.165) is 18.2 Å². The molecule has 1 N–H and O–H groups in total. The standard InChI is InChI=1S/C18H33N3/c1-13(2)17(14(3)4)12-21-11-15(5)19-18(21)20-16-9-7-6-8-10-16/h11,13-14,16-17H,6-10,12H2,1-5H3,(H,19,20). The molecule has 0 aromatic carbocycles. The second-order valence-corrected chi connectivity index (χ2v) is 7.49. The summed E-state index contributed by atoms with van der Waals surface area (Å²) in [4.78, 5) is 4.73. The van der Waals surface area contributed by atoms with Crippen molar-refractivity contribution in [3.8, 4) is 0 Å². The van der Waals surface area contributed by atoms with Crippen LogP contribution >= 0.6 is 0 Å². The Hall–Kier alpha value is -0.990. The zero-order chi connectivity index (χ0) is 15.4. The van der Waals surface area contributed by atoms with Crippen molar-refractivity contribution < 1.29 is 0 Å². The Morgan fingerprint density at radius 2 is 1.76 bits per heavy atom. The average molecular weight is 291 g/mol. The molecule has 3 nitrogen and oxygen atoms in total. The molecule has 0 radical (unpaired) electrons. The molecule has 1 aromatic heterocycles. The highest BCUT2D eigenvalue weighted by Crippen LogP contribution is 2.26. The van der Waals surface area contributed by atoms with Gasteiger partial charge >= 0.3 is 0 Å². The van der Waals surface area contributed by atoms with Gasteiger partial charge in [0.15, 0.2) is 0 Å². The Bertz CT molecular complexity index is 420. The molecule has 1 aliphatic rings. The highest BCUT2D eigenvalue weighted by molar-refractivity contribution is 5.30. The molecule has 0 unspecified atom stereocenters. The Labute approximate surface area is 130 Å². The van der Waals surface area contributed by atoms with Gasteiger partial charge in [0.25, 0.3) is 0 Å². The predicted octanol–water partition coefficient (Wildman–Crippen LogP) is 4.86. The molecule has 0 amide bonds. The second kappa shape index (κ2) is 7.33. The molecule has 1 fully saturated rings. The number of nitrogens with zero attached hydrogens (tertiary/aromatic N) is 2. The molecular weight excluding hydrogens is 258 g/mol. The van der Waals surface area contributed by atoms with E-state index in [0.29, 0.717) is 23.8 Å². The quantitative estimate of drug-likeness (QED) is 0.810. The highest BCUT2D eigenvalue weighted by atomic mass is 15.2. The summed E-state index contributed by atoms with van der Waals surface area (Å²) in [6, 6.07) is 0.621. The molecule has 1 aliphatic carbocycles. The lowest BCUT2D eigenvalue weighted by atomic mass is 9.85. The van der Waals surface area contributed by atoms with Gasteiger partial charge in [-0.05, 0) is 37.5 Å². The minimum absolute atomic E-state index is 0.621. The lowest BCUT2D eigenvalue weighted by molar-refractivity contribution is 0.252. The Balaban J connectivity index is 2.08. The molecule has 1 aromatic rings. The van der Waals surface area contributed by atoms with Crippen molar-refractivity contribution >= 4 is 5.95 Å². The number of nitrogens with one attached hydrogen (secondary N) is 1. The van der Waals surface area contributed by atoms with Gasteiger partial charge in [0.05, 0.1) is 5.69 Å². The molecule has 0 spiro atoms. The van der Waals surface area contributed by atoms with Crippen LogP contribution in [0, 0.1) is 24.7 Å². The van der Waals surface area contributed by atoms with E-state index in [4.69, 9.17) is 4.98 Å². The molecule has 2 rings (SSSR count). The number of hydrogen-bond donors (Lipinski definition) is 1. The molecule has 0 bridgehead atoms. The van der Waals surface area contributed by atoms with Crippen LogP contribution in [0.15, 0.2) is 6.20 Å². The summed E-state index contributed by atoms with van der Waals surface area (Å²) in [7, 11) is 0. The predicted molar refractivity (Wildman–Crippen MR) is 90.6 cm³/mol. The Morgan fingerprint density at radius 1 is 1.14 bits per heavy atom. The van der Waals surface area contributed by atoms with Crippen molar-refractivity contribution in [2.45, 2.75) is 79.3 Å². The van der Waals surface area contributed by atoms with Crippen LogP contribution in [-0.2, 0) is 6.54 Å². The summed E-state index contributed by atoms with van der Waals surface area (Å²) in [5.74, 6) is 3.20. The van der Waals surface area contributed by atoms with Gasteiger partial charge in [-0.15, -0.1) is 0 Å². The van der Waals surface area contributed by atoms with Crippen molar-refractivity contribution in [2.75, 3.05) is 5.32 Å². The van der Waals surface area contributed by atoms with Crippen LogP contribution in [0.4, 0.5) is 5.95 Å². The molecule has 0 atom stereocenters. The van der Waals surface area contributed by atoms with Gasteiger partial charge in [0.1, 0.15) is 0 Å². The minimum atomic E-state index is 0.621. The molecule has 0 aliphatic heterocycles. The zero-order valence-electron chi connectivity index (χ0n) is 14.5. The lowest BCUT2D eigenvalue weighted by Gasteiger charge is -2.28. The number of imidazole rings is 1. The van der Waals surface area contributed by atoms with Crippen molar-refractivity contribution in [2.24, 2.45) is 17.8 Å². The largest absolute Gasteiger partial charge is 0.353 e. The molecule has 21 heavy (non-hydrogen) atoms. The fourth-order valence-electron chi connectivity index (χ4n) is 3.65. The van der Waals surface area contributed by atoms with Crippen molar-refractivity contribution in [3.05, 3.63) is 11.9 Å². The van der Waals surface area contributed by atoms with Gasteiger partial charge in [0.2, 0.25) is 5.95 Å². The number of hydrogen-bond acceptors (Lipinski definition) is 2. The van der Waals surface area contributed by atoms with Crippen LogP contribution in [0.3, 0.4) is 0 Å². The maximum atomic E-state index is 4.73. The van der Waals surface area contributed by atoms with Crippen molar-refractivity contribution in [3.63, 3.8) is 0 Å². The highest BCUT2D eigenvalue weighted by Gasteiger charge is 2.21. The molecule has 1 saturated carbocycles. The van der Waals surface area contributed by atoms with Gasteiger partial charge in [-0.1, -0.05) is 47.0 Å². The smallest absolute Gasteiger partial charge is 0.203 e. The maximum Gasteiger partial charge on any atom is 0.203 e. The van der Waals surface area contributed by atoms with Gasteiger partial charge in [-0.25, -0.2) is 4.98 Å². The molecular formula is C18H33N3. The minimum Gasteiger partial charge on any atom is -0.353 e. The van der Waals surface area contributed by atoms with Gasteiger partial charge < -0.3 is 9.88 Å². The normalized spacial score (nSPS) is 17.1. The van der Waals surface area contributed by atoms with E-state index >= 15 is 0 Å². The lowest BCUT2D eigenvalue weighted by Crippen LogP contribution is -2.26. The van der Waals surface area contributed by atoms with E-state index in [2.05, 4.69) is 50.7 Å². The summed E-state index contributed by atoms with van der Waals surface area (Å²) in [5.41, 5.74) is 1.12. The van der Waals surface area contributed by atoms with E-state index in [1.807, 2.05) is 0 Å². The molecule has 120 valence electrons. The Kier molecular flexibility index (Phi) is 5.72. The zero-order valence-corrected chi connectivity index (χ0v) is 14.5. The first-order valence-electron chi connectivity index (χ1n) is 8.77.